The van der Waals surface area contributed by atoms with Crippen molar-refractivity contribution in [3.05, 3.63) is 35.4 Å². The zero-order valence-corrected chi connectivity index (χ0v) is 13.5. The second-order valence-electron chi connectivity index (χ2n) is 6.93. The molecule has 1 aromatic rings. The number of benzene rings is 1. The van der Waals surface area contributed by atoms with E-state index >= 15 is 0 Å². The second-order valence-corrected chi connectivity index (χ2v) is 6.93. The van der Waals surface area contributed by atoms with Gasteiger partial charge >= 0.3 is 0 Å². The summed E-state index contributed by atoms with van der Waals surface area (Å²) >= 11 is 0. The Bertz CT molecular complexity index is 362. The van der Waals surface area contributed by atoms with Gasteiger partial charge in [-0.15, -0.1) is 0 Å². The molecule has 2 heteroatoms. The topological polar surface area (TPSA) is 15.3 Å². The van der Waals surface area contributed by atoms with Crippen LogP contribution in [0.1, 0.15) is 44.7 Å². The van der Waals surface area contributed by atoms with Gasteiger partial charge in [-0.3, -0.25) is 0 Å². The monoisotopic (exact) mass is 262 g/mol. The average molecular weight is 262 g/mol. The van der Waals surface area contributed by atoms with Crippen LogP contribution in [0, 0.1) is 5.41 Å². The molecule has 1 N–H and O–H groups in total. The van der Waals surface area contributed by atoms with E-state index in [2.05, 4.69) is 69.2 Å². The van der Waals surface area contributed by atoms with Gasteiger partial charge in [-0.05, 0) is 36.6 Å². The van der Waals surface area contributed by atoms with Gasteiger partial charge < -0.3 is 10.2 Å². The zero-order chi connectivity index (χ0) is 14.5. The summed E-state index contributed by atoms with van der Waals surface area (Å²) in [5, 5.41) is 3.23. The molecular weight excluding hydrogens is 232 g/mol. The predicted molar refractivity (Wildman–Crippen MR) is 84.6 cm³/mol. The number of hydrogen-bond acceptors (Lipinski definition) is 2. The van der Waals surface area contributed by atoms with Gasteiger partial charge in [0.1, 0.15) is 0 Å². The molecule has 0 aliphatic rings. The Morgan fingerprint density at radius 1 is 1.16 bits per heavy atom. The number of nitrogens with zero attached hydrogens (tertiary/aromatic N) is 1. The van der Waals surface area contributed by atoms with Gasteiger partial charge in [0.2, 0.25) is 0 Å². The van der Waals surface area contributed by atoms with Crippen LogP contribution < -0.4 is 5.32 Å². The van der Waals surface area contributed by atoms with Crippen LogP contribution in [-0.4, -0.2) is 32.1 Å². The van der Waals surface area contributed by atoms with Crippen LogP contribution in [0.2, 0.25) is 0 Å². The summed E-state index contributed by atoms with van der Waals surface area (Å²) in [6, 6.07) is 9.06. The molecule has 0 aliphatic carbocycles. The Morgan fingerprint density at radius 2 is 1.74 bits per heavy atom. The number of hydrogen-bond donors (Lipinski definition) is 1. The van der Waals surface area contributed by atoms with Crippen molar-refractivity contribution in [2.75, 3.05) is 27.2 Å². The Morgan fingerprint density at radius 3 is 2.21 bits per heavy atom. The lowest BCUT2D eigenvalue weighted by Crippen LogP contribution is -2.28. The fourth-order valence-electron chi connectivity index (χ4n) is 2.55. The van der Waals surface area contributed by atoms with Crippen molar-refractivity contribution in [3.8, 4) is 0 Å². The van der Waals surface area contributed by atoms with Crippen LogP contribution in [0.5, 0.6) is 0 Å². The summed E-state index contributed by atoms with van der Waals surface area (Å²) in [7, 11) is 4.20. The highest BCUT2D eigenvalue weighted by Crippen LogP contribution is 2.18. The highest BCUT2D eigenvalue weighted by molar-refractivity contribution is 5.25. The molecule has 108 valence electrons. The Labute approximate surface area is 119 Å². The van der Waals surface area contributed by atoms with Gasteiger partial charge in [-0.1, -0.05) is 52.0 Å². The molecule has 1 atom stereocenters. The summed E-state index contributed by atoms with van der Waals surface area (Å²) in [4.78, 5) is 2.39. The maximum atomic E-state index is 3.23. The quantitative estimate of drug-likeness (QED) is 0.844. The molecule has 0 heterocycles. The van der Waals surface area contributed by atoms with E-state index in [1.54, 1.807) is 0 Å². The van der Waals surface area contributed by atoms with Crippen molar-refractivity contribution in [3.63, 3.8) is 0 Å². The molecule has 2 nitrogen and oxygen atoms in total. The fraction of sp³-hybridized carbons (Fsp3) is 0.647. The first kappa shape index (κ1) is 16.2. The molecule has 19 heavy (non-hydrogen) atoms. The lowest BCUT2D eigenvalue weighted by atomic mass is 9.96. The van der Waals surface area contributed by atoms with Gasteiger partial charge in [0.15, 0.2) is 0 Å². The first-order valence-corrected chi connectivity index (χ1v) is 7.24. The predicted octanol–water partition coefficient (Wildman–Crippen LogP) is 3.49. The summed E-state index contributed by atoms with van der Waals surface area (Å²) in [5.74, 6) is 0.575. The molecule has 0 spiro atoms. The summed E-state index contributed by atoms with van der Waals surface area (Å²) in [6.45, 7) is 12.3. The van der Waals surface area contributed by atoms with E-state index in [0.717, 1.165) is 19.6 Å². The summed E-state index contributed by atoms with van der Waals surface area (Å²) in [5.41, 5.74) is 3.17. The van der Waals surface area contributed by atoms with Crippen LogP contribution >= 0.6 is 0 Å². The molecule has 0 saturated heterocycles. The van der Waals surface area contributed by atoms with E-state index in [9.17, 15) is 0 Å². The van der Waals surface area contributed by atoms with E-state index in [1.807, 2.05) is 7.05 Å². The van der Waals surface area contributed by atoms with Crippen molar-refractivity contribution < 1.29 is 0 Å². The van der Waals surface area contributed by atoms with E-state index in [4.69, 9.17) is 0 Å². The van der Waals surface area contributed by atoms with Crippen molar-refractivity contribution in [1.82, 2.24) is 10.2 Å². The molecular formula is C17H30N2. The standard InChI is InChI=1S/C17H30N2/c1-14(11-18-5)16-9-7-15(8-10-16)12-19(6)13-17(2,3)4/h7-10,14,18H,11-13H2,1-6H3. The highest BCUT2D eigenvalue weighted by atomic mass is 15.1. The number of rotatable bonds is 6. The third kappa shape index (κ3) is 6.22. The van der Waals surface area contributed by atoms with Gasteiger partial charge in [0.25, 0.3) is 0 Å². The maximum absolute atomic E-state index is 3.23. The minimum atomic E-state index is 0.357. The smallest absolute Gasteiger partial charge is 0.0230 e. The van der Waals surface area contributed by atoms with E-state index in [0.29, 0.717) is 11.3 Å². The Balaban J connectivity index is 2.57. The van der Waals surface area contributed by atoms with Gasteiger partial charge in [-0.2, -0.15) is 0 Å². The minimum absolute atomic E-state index is 0.357. The number of nitrogens with one attached hydrogen (secondary N) is 1. The van der Waals surface area contributed by atoms with Crippen molar-refractivity contribution in [2.45, 2.75) is 40.2 Å². The molecule has 1 rings (SSSR count). The van der Waals surface area contributed by atoms with Crippen LogP contribution in [0.25, 0.3) is 0 Å². The summed E-state index contributed by atoms with van der Waals surface area (Å²) < 4.78 is 0. The van der Waals surface area contributed by atoms with Crippen LogP contribution in [0.3, 0.4) is 0 Å². The third-order valence-electron chi connectivity index (χ3n) is 3.26. The highest BCUT2D eigenvalue weighted by Gasteiger charge is 2.13. The molecule has 1 aromatic carbocycles. The van der Waals surface area contributed by atoms with Crippen LogP contribution in [0.15, 0.2) is 24.3 Å². The van der Waals surface area contributed by atoms with Crippen molar-refractivity contribution >= 4 is 0 Å². The molecule has 0 fully saturated rings. The maximum Gasteiger partial charge on any atom is 0.0230 e. The largest absolute Gasteiger partial charge is 0.319 e. The van der Waals surface area contributed by atoms with Crippen LogP contribution in [-0.2, 0) is 6.54 Å². The lowest BCUT2D eigenvalue weighted by molar-refractivity contribution is 0.221. The molecule has 0 saturated carbocycles. The fourth-order valence-corrected chi connectivity index (χ4v) is 2.55. The third-order valence-corrected chi connectivity index (χ3v) is 3.26. The molecule has 0 aliphatic heterocycles. The second kappa shape index (κ2) is 7.06. The van der Waals surface area contributed by atoms with Crippen molar-refractivity contribution in [2.24, 2.45) is 5.41 Å². The summed E-state index contributed by atoms with van der Waals surface area (Å²) in [6.07, 6.45) is 0. The van der Waals surface area contributed by atoms with E-state index in [-0.39, 0.29) is 0 Å². The first-order valence-electron chi connectivity index (χ1n) is 7.24. The Hall–Kier alpha value is -0.860. The van der Waals surface area contributed by atoms with Crippen LogP contribution in [0.4, 0.5) is 0 Å². The SMILES string of the molecule is CNCC(C)c1ccc(CN(C)CC(C)(C)C)cc1. The van der Waals surface area contributed by atoms with E-state index in [1.165, 1.54) is 11.1 Å². The number of likely N-dealkylation sites (N-methyl/N-ethyl adjacent to an activating group) is 1. The minimum Gasteiger partial charge on any atom is -0.319 e. The first-order chi connectivity index (χ1) is 8.81. The molecule has 0 amide bonds. The van der Waals surface area contributed by atoms with Gasteiger partial charge in [0.05, 0.1) is 0 Å². The molecule has 1 unspecified atom stereocenters. The van der Waals surface area contributed by atoms with Gasteiger partial charge in [-0.25, -0.2) is 0 Å². The lowest BCUT2D eigenvalue weighted by Gasteiger charge is -2.26. The Kier molecular flexibility index (Phi) is 6.02. The molecule has 0 radical (unpaired) electrons. The molecule has 0 bridgehead atoms. The average Bonchev–Trinajstić information content (AvgIpc) is 2.27. The van der Waals surface area contributed by atoms with Gasteiger partial charge in [0, 0.05) is 19.6 Å². The van der Waals surface area contributed by atoms with Crippen molar-refractivity contribution in [1.29, 1.82) is 0 Å². The zero-order valence-electron chi connectivity index (χ0n) is 13.5. The normalized spacial score (nSPS) is 13.8. The van der Waals surface area contributed by atoms with E-state index < -0.39 is 0 Å². The molecule has 0 aromatic heterocycles.